The third-order valence-corrected chi connectivity index (χ3v) is 4.13. The number of carbonyl (C=O) groups is 1. The number of benzene rings is 2. The van der Waals surface area contributed by atoms with Crippen LogP contribution in [0.4, 0.5) is 16.2 Å². The van der Waals surface area contributed by atoms with Crippen molar-refractivity contribution in [3.63, 3.8) is 0 Å². The summed E-state index contributed by atoms with van der Waals surface area (Å²) in [5.74, 6) is 0. The normalized spacial score (nSPS) is 11.0. The molecule has 0 aliphatic carbocycles. The maximum Gasteiger partial charge on any atom is 0.319 e. The lowest BCUT2D eigenvalue weighted by Crippen LogP contribution is -2.28. The van der Waals surface area contributed by atoms with Gasteiger partial charge in [0.25, 0.3) is 0 Å². The van der Waals surface area contributed by atoms with Crippen LogP contribution >= 0.6 is 11.6 Å². The lowest BCUT2D eigenvalue weighted by atomic mass is 10.2. The Morgan fingerprint density at radius 2 is 1.88 bits per heavy atom. The van der Waals surface area contributed by atoms with E-state index in [1.54, 1.807) is 36.4 Å². The largest absolute Gasteiger partial charge is 0.334 e. The molecule has 24 heavy (non-hydrogen) atoms. The van der Waals surface area contributed by atoms with Crippen LogP contribution in [0.1, 0.15) is 11.1 Å². The minimum absolute atomic E-state index is 0.255. The maximum atomic E-state index is 11.9. The summed E-state index contributed by atoms with van der Waals surface area (Å²) < 4.78 is 24.9. The second kappa shape index (κ2) is 7.55. The van der Waals surface area contributed by atoms with E-state index < -0.39 is 10.0 Å². The molecular weight excluding hydrogens is 350 g/mol. The van der Waals surface area contributed by atoms with Crippen LogP contribution in [0.5, 0.6) is 0 Å². The van der Waals surface area contributed by atoms with Crippen molar-refractivity contribution in [1.29, 1.82) is 0 Å². The van der Waals surface area contributed by atoms with Gasteiger partial charge in [0.05, 0.1) is 6.26 Å². The molecule has 2 aromatic carbocycles. The van der Waals surface area contributed by atoms with Gasteiger partial charge in [-0.1, -0.05) is 29.8 Å². The van der Waals surface area contributed by atoms with E-state index in [4.69, 9.17) is 11.6 Å². The monoisotopic (exact) mass is 367 g/mol. The smallest absolute Gasteiger partial charge is 0.319 e. The summed E-state index contributed by atoms with van der Waals surface area (Å²) in [5.41, 5.74) is 2.73. The molecule has 0 bridgehead atoms. The highest BCUT2D eigenvalue weighted by Crippen LogP contribution is 2.19. The molecule has 6 nitrogen and oxygen atoms in total. The SMILES string of the molecule is Cc1ccc(NC(=O)NCc2cccc(NS(C)(=O)=O)c2)cc1Cl. The van der Waals surface area contributed by atoms with Gasteiger partial charge in [-0.3, -0.25) is 4.72 Å². The Kier molecular flexibility index (Phi) is 5.69. The van der Waals surface area contributed by atoms with E-state index in [1.165, 1.54) is 0 Å². The average Bonchev–Trinajstić information content (AvgIpc) is 2.48. The standard InChI is InChI=1S/C16H18ClN3O3S/c1-11-6-7-13(9-15(11)17)19-16(21)18-10-12-4-3-5-14(8-12)20-24(2,22)23/h3-9,20H,10H2,1-2H3,(H2,18,19,21). The Balaban J connectivity index is 1.94. The summed E-state index contributed by atoms with van der Waals surface area (Å²) in [5, 5.41) is 5.96. The predicted octanol–water partition coefficient (Wildman–Crippen LogP) is 3.34. The zero-order valence-electron chi connectivity index (χ0n) is 13.3. The van der Waals surface area contributed by atoms with Crippen molar-refractivity contribution in [3.05, 3.63) is 58.6 Å². The number of halogens is 1. The lowest BCUT2D eigenvalue weighted by molar-refractivity contribution is 0.251. The molecule has 0 saturated heterocycles. The fraction of sp³-hybridized carbons (Fsp3) is 0.188. The molecule has 0 aromatic heterocycles. The fourth-order valence-corrected chi connectivity index (χ4v) is 2.72. The Labute approximate surface area is 146 Å². The van der Waals surface area contributed by atoms with Gasteiger partial charge in [0, 0.05) is 22.9 Å². The number of hydrogen-bond acceptors (Lipinski definition) is 3. The first kappa shape index (κ1) is 18.1. The van der Waals surface area contributed by atoms with Crippen molar-refractivity contribution < 1.29 is 13.2 Å². The fourth-order valence-electron chi connectivity index (χ4n) is 1.99. The quantitative estimate of drug-likeness (QED) is 0.757. The van der Waals surface area contributed by atoms with Gasteiger partial charge in [0.15, 0.2) is 0 Å². The molecule has 128 valence electrons. The highest BCUT2D eigenvalue weighted by atomic mass is 35.5. The highest BCUT2D eigenvalue weighted by Gasteiger charge is 2.05. The molecule has 0 unspecified atom stereocenters. The van der Waals surface area contributed by atoms with Gasteiger partial charge >= 0.3 is 6.03 Å². The number of amides is 2. The summed E-state index contributed by atoms with van der Waals surface area (Å²) >= 11 is 6.01. The first-order valence-electron chi connectivity index (χ1n) is 7.11. The number of hydrogen-bond donors (Lipinski definition) is 3. The van der Waals surface area contributed by atoms with Crippen molar-refractivity contribution in [2.75, 3.05) is 16.3 Å². The van der Waals surface area contributed by atoms with Gasteiger partial charge in [0.1, 0.15) is 0 Å². The Hall–Kier alpha value is -2.25. The Morgan fingerprint density at radius 1 is 1.12 bits per heavy atom. The number of sulfonamides is 1. The lowest BCUT2D eigenvalue weighted by Gasteiger charge is -2.10. The summed E-state index contributed by atoms with van der Waals surface area (Å²) in [7, 11) is -3.34. The van der Waals surface area contributed by atoms with Crippen molar-refractivity contribution in [2.24, 2.45) is 0 Å². The highest BCUT2D eigenvalue weighted by molar-refractivity contribution is 7.92. The number of anilines is 2. The predicted molar refractivity (Wildman–Crippen MR) is 97.0 cm³/mol. The average molecular weight is 368 g/mol. The summed E-state index contributed by atoms with van der Waals surface area (Å²) in [6.45, 7) is 2.13. The summed E-state index contributed by atoms with van der Waals surface area (Å²) in [6, 6.07) is 11.7. The molecule has 0 fully saturated rings. The molecule has 8 heteroatoms. The zero-order chi connectivity index (χ0) is 17.7. The Morgan fingerprint density at radius 3 is 2.54 bits per heavy atom. The number of rotatable bonds is 5. The molecule has 2 rings (SSSR count). The van der Waals surface area contributed by atoms with Crippen LogP contribution in [-0.4, -0.2) is 20.7 Å². The van der Waals surface area contributed by atoms with Crippen molar-refractivity contribution in [1.82, 2.24) is 5.32 Å². The van der Waals surface area contributed by atoms with Crippen LogP contribution in [-0.2, 0) is 16.6 Å². The number of nitrogens with one attached hydrogen (secondary N) is 3. The Bertz CT molecular complexity index is 853. The number of carbonyl (C=O) groups excluding carboxylic acids is 1. The van der Waals surface area contributed by atoms with E-state index in [0.29, 0.717) is 16.4 Å². The number of aryl methyl sites for hydroxylation is 1. The van der Waals surface area contributed by atoms with E-state index in [2.05, 4.69) is 15.4 Å². The first-order chi connectivity index (χ1) is 11.2. The molecule has 0 spiro atoms. The van der Waals surface area contributed by atoms with E-state index in [0.717, 1.165) is 17.4 Å². The molecule has 0 aliphatic heterocycles. The van der Waals surface area contributed by atoms with Crippen LogP contribution in [0, 0.1) is 6.92 Å². The van der Waals surface area contributed by atoms with Crippen molar-refractivity contribution in [3.8, 4) is 0 Å². The summed E-state index contributed by atoms with van der Waals surface area (Å²) in [4.78, 5) is 11.9. The van der Waals surface area contributed by atoms with Crippen LogP contribution in [0.2, 0.25) is 5.02 Å². The second-order valence-corrected chi connectivity index (χ2v) is 7.50. The van der Waals surface area contributed by atoms with E-state index >= 15 is 0 Å². The van der Waals surface area contributed by atoms with Gasteiger partial charge in [-0.05, 0) is 42.3 Å². The maximum absolute atomic E-state index is 11.9. The molecule has 0 saturated carbocycles. The molecule has 0 radical (unpaired) electrons. The first-order valence-corrected chi connectivity index (χ1v) is 9.37. The molecular formula is C16H18ClN3O3S. The molecule has 0 heterocycles. The van der Waals surface area contributed by atoms with Crippen LogP contribution < -0.4 is 15.4 Å². The van der Waals surface area contributed by atoms with Crippen molar-refractivity contribution in [2.45, 2.75) is 13.5 Å². The molecule has 0 aliphatic rings. The third-order valence-electron chi connectivity index (χ3n) is 3.11. The second-order valence-electron chi connectivity index (χ2n) is 5.35. The van der Waals surface area contributed by atoms with E-state index in [1.807, 2.05) is 13.0 Å². The molecule has 3 N–H and O–H groups in total. The topological polar surface area (TPSA) is 87.3 Å². The number of urea groups is 1. The van der Waals surface area contributed by atoms with Gasteiger partial charge in [0.2, 0.25) is 10.0 Å². The van der Waals surface area contributed by atoms with Gasteiger partial charge < -0.3 is 10.6 Å². The van der Waals surface area contributed by atoms with E-state index in [9.17, 15) is 13.2 Å². The molecule has 2 amide bonds. The third kappa shape index (κ3) is 5.75. The molecule has 2 aromatic rings. The van der Waals surface area contributed by atoms with Crippen LogP contribution in [0.15, 0.2) is 42.5 Å². The zero-order valence-corrected chi connectivity index (χ0v) is 14.8. The van der Waals surface area contributed by atoms with Gasteiger partial charge in [-0.15, -0.1) is 0 Å². The van der Waals surface area contributed by atoms with Gasteiger partial charge in [-0.2, -0.15) is 0 Å². The minimum atomic E-state index is -3.34. The minimum Gasteiger partial charge on any atom is -0.334 e. The van der Waals surface area contributed by atoms with Crippen LogP contribution in [0.3, 0.4) is 0 Å². The van der Waals surface area contributed by atoms with Gasteiger partial charge in [-0.25, -0.2) is 13.2 Å². The van der Waals surface area contributed by atoms with Crippen molar-refractivity contribution >= 4 is 39.0 Å². The van der Waals surface area contributed by atoms with E-state index in [-0.39, 0.29) is 12.6 Å². The molecule has 0 atom stereocenters. The summed E-state index contributed by atoms with van der Waals surface area (Å²) in [6.07, 6.45) is 1.08. The van der Waals surface area contributed by atoms with Crippen LogP contribution in [0.25, 0.3) is 0 Å².